The van der Waals surface area contributed by atoms with E-state index in [9.17, 15) is 5.11 Å². The van der Waals surface area contributed by atoms with Gasteiger partial charge in [-0.3, -0.25) is 0 Å². The molecule has 0 radical (unpaired) electrons. The second kappa shape index (κ2) is 4.91. The highest BCUT2D eigenvalue weighted by atomic mass is 35.5. The van der Waals surface area contributed by atoms with Crippen LogP contribution in [0.1, 0.15) is 11.6 Å². The maximum absolute atomic E-state index is 9.29. The first-order valence-corrected chi connectivity index (χ1v) is 3.62. The normalized spacial score (nSPS) is 11.8. The standard InChI is InChI=1S/C8H12N2O2.ClH/c9-4-7(10)6-3-5(11)1-2-8(6)12;/h1-3,7,11-12H,4,9-10H2;1H/t7-;/m1./s1. The van der Waals surface area contributed by atoms with Crippen LogP contribution >= 0.6 is 12.4 Å². The third kappa shape index (κ3) is 2.77. The van der Waals surface area contributed by atoms with Gasteiger partial charge in [-0.1, -0.05) is 0 Å². The molecule has 0 saturated heterocycles. The van der Waals surface area contributed by atoms with Gasteiger partial charge in [-0.2, -0.15) is 0 Å². The first kappa shape index (κ1) is 12.0. The van der Waals surface area contributed by atoms with Crippen LogP contribution in [0.3, 0.4) is 0 Å². The van der Waals surface area contributed by atoms with Crippen molar-refractivity contribution in [2.24, 2.45) is 11.5 Å². The molecule has 0 amide bonds. The Morgan fingerprint density at radius 1 is 1.31 bits per heavy atom. The highest BCUT2D eigenvalue weighted by Crippen LogP contribution is 2.25. The minimum Gasteiger partial charge on any atom is -0.508 e. The molecule has 0 aromatic heterocycles. The zero-order chi connectivity index (χ0) is 9.14. The Kier molecular flexibility index (Phi) is 4.55. The van der Waals surface area contributed by atoms with E-state index in [0.717, 1.165) is 0 Å². The third-order valence-corrected chi connectivity index (χ3v) is 1.66. The molecule has 0 saturated carbocycles. The lowest BCUT2D eigenvalue weighted by atomic mass is 10.1. The lowest BCUT2D eigenvalue weighted by Gasteiger charge is -2.10. The van der Waals surface area contributed by atoms with Crippen molar-refractivity contribution < 1.29 is 10.2 Å². The minimum atomic E-state index is -0.433. The molecule has 0 heterocycles. The molecule has 74 valence electrons. The van der Waals surface area contributed by atoms with Gasteiger partial charge in [-0.25, -0.2) is 0 Å². The van der Waals surface area contributed by atoms with Crippen LogP contribution in [0, 0.1) is 0 Å². The van der Waals surface area contributed by atoms with Gasteiger partial charge >= 0.3 is 0 Å². The van der Waals surface area contributed by atoms with E-state index in [2.05, 4.69) is 0 Å². The summed E-state index contributed by atoms with van der Waals surface area (Å²) in [6, 6.07) is 3.76. The monoisotopic (exact) mass is 204 g/mol. The summed E-state index contributed by atoms with van der Waals surface area (Å²) in [4.78, 5) is 0. The Hall–Kier alpha value is -0.970. The van der Waals surface area contributed by atoms with E-state index in [0.29, 0.717) is 5.56 Å². The molecule has 13 heavy (non-hydrogen) atoms. The summed E-state index contributed by atoms with van der Waals surface area (Å²) in [6.07, 6.45) is 0. The van der Waals surface area contributed by atoms with E-state index in [1.54, 1.807) is 0 Å². The molecule has 1 atom stereocenters. The van der Waals surface area contributed by atoms with Gasteiger partial charge in [0.2, 0.25) is 0 Å². The number of phenolic OH excluding ortho intramolecular Hbond substituents is 2. The van der Waals surface area contributed by atoms with Gasteiger partial charge in [-0.15, -0.1) is 12.4 Å². The summed E-state index contributed by atoms with van der Waals surface area (Å²) in [6.45, 7) is 0.233. The van der Waals surface area contributed by atoms with E-state index in [1.165, 1.54) is 18.2 Å². The molecule has 0 aliphatic carbocycles. The Labute approximate surface area is 82.6 Å². The van der Waals surface area contributed by atoms with Crippen molar-refractivity contribution in [2.75, 3.05) is 6.54 Å². The Balaban J connectivity index is 0.00000144. The van der Waals surface area contributed by atoms with Gasteiger partial charge in [0, 0.05) is 18.2 Å². The Bertz CT molecular complexity index is 281. The molecule has 0 aliphatic heterocycles. The maximum Gasteiger partial charge on any atom is 0.120 e. The molecule has 1 rings (SSSR count). The summed E-state index contributed by atoms with van der Waals surface area (Å²) in [5, 5.41) is 18.4. The van der Waals surface area contributed by atoms with Crippen LogP contribution in [0.5, 0.6) is 11.5 Å². The van der Waals surface area contributed by atoms with Gasteiger partial charge in [0.05, 0.1) is 0 Å². The molecule has 0 bridgehead atoms. The second-order valence-corrected chi connectivity index (χ2v) is 2.59. The van der Waals surface area contributed by atoms with Crippen LogP contribution in [0.2, 0.25) is 0 Å². The van der Waals surface area contributed by atoms with E-state index in [4.69, 9.17) is 16.6 Å². The number of hydrogen-bond donors (Lipinski definition) is 4. The SMILES string of the molecule is Cl.NC[C@@H](N)c1cc(O)ccc1O. The number of halogens is 1. The Morgan fingerprint density at radius 3 is 2.46 bits per heavy atom. The molecule has 1 aromatic carbocycles. The molecule has 6 N–H and O–H groups in total. The summed E-state index contributed by atoms with van der Waals surface area (Å²) >= 11 is 0. The summed E-state index contributed by atoms with van der Waals surface area (Å²) < 4.78 is 0. The fraction of sp³-hybridized carbons (Fsp3) is 0.250. The van der Waals surface area contributed by atoms with Gasteiger partial charge in [0.25, 0.3) is 0 Å². The lowest BCUT2D eigenvalue weighted by molar-refractivity contribution is 0.449. The molecule has 5 heteroatoms. The summed E-state index contributed by atoms with van der Waals surface area (Å²) in [5.74, 6) is 0.137. The lowest BCUT2D eigenvalue weighted by Crippen LogP contribution is -2.20. The van der Waals surface area contributed by atoms with Crippen molar-refractivity contribution in [1.29, 1.82) is 0 Å². The van der Waals surface area contributed by atoms with Crippen molar-refractivity contribution in [3.63, 3.8) is 0 Å². The van der Waals surface area contributed by atoms with E-state index in [-0.39, 0.29) is 30.5 Å². The molecule has 4 nitrogen and oxygen atoms in total. The Morgan fingerprint density at radius 2 is 1.92 bits per heavy atom. The smallest absolute Gasteiger partial charge is 0.120 e. The maximum atomic E-state index is 9.29. The number of nitrogens with two attached hydrogens (primary N) is 2. The van der Waals surface area contributed by atoms with Crippen LogP contribution < -0.4 is 11.5 Å². The van der Waals surface area contributed by atoms with Crippen molar-refractivity contribution in [2.45, 2.75) is 6.04 Å². The predicted octanol–water partition coefficient (Wildman–Crippen LogP) is 0.478. The zero-order valence-corrected chi connectivity index (χ0v) is 7.79. The topological polar surface area (TPSA) is 92.5 Å². The molecular weight excluding hydrogens is 192 g/mol. The number of aromatic hydroxyl groups is 2. The molecule has 0 unspecified atom stereocenters. The van der Waals surface area contributed by atoms with Crippen LogP contribution in [0.25, 0.3) is 0 Å². The fourth-order valence-electron chi connectivity index (χ4n) is 0.966. The van der Waals surface area contributed by atoms with Gasteiger partial charge in [0.1, 0.15) is 11.5 Å². The van der Waals surface area contributed by atoms with Gasteiger partial charge in [-0.05, 0) is 18.2 Å². The van der Waals surface area contributed by atoms with Gasteiger partial charge < -0.3 is 21.7 Å². The van der Waals surface area contributed by atoms with Gasteiger partial charge in [0.15, 0.2) is 0 Å². The first-order valence-electron chi connectivity index (χ1n) is 3.62. The van der Waals surface area contributed by atoms with Crippen molar-refractivity contribution >= 4 is 12.4 Å². The summed E-state index contributed by atoms with van der Waals surface area (Å²) in [5.41, 5.74) is 11.3. The quantitative estimate of drug-likeness (QED) is 0.528. The number of benzene rings is 1. The largest absolute Gasteiger partial charge is 0.508 e. The molecule has 0 fully saturated rings. The highest BCUT2D eigenvalue weighted by Gasteiger charge is 2.09. The molecule has 0 spiro atoms. The number of phenols is 2. The van der Waals surface area contributed by atoms with Crippen LogP contribution in [-0.2, 0) is 0 Å². The molecule has 1 aromatic rings. The first-order chi connectivity index (χ1) is 5.65. The zero-order valence-electron chi connectivity index (χ0n) is 6.97. The van der Waals surface area contributed by atoms with E-state index >= 15 is 0 Å². The number of hydrogen-bond acceptors (Lipinski definition) is 4. The van der Waals surface area contributed by atoms with Crippen molar-refractivity contribution in [3.8, 4) is 11.5 Å². The third-order valence-electron chi connectivity index (χ3n) is 1.66. The summed E-state index contributed by atoms with van der Waals surface area (Å²) in [7, 11) is 0. The second-order valence-electron chi connectivity index (χ2n) is 2.59. The van der Waals surface area contributed by atoms with Crippen molar-refractivity contribution in [3.05, 3.63) is 23.8 Å². The average Bonchev–Trinajstić information content (AvgIpc) is 2.08. The van der Waals surface area contributed by atoms with Crippen molar-refractivity contribution in [1.82, 2.24) is 0 Å². The molecular formula is C8H13ClN2O2. The van der Waals surface area contributed by atoms with Crippen LogP contribution in [-0.4, -0.2) is 16.8 Å². The number of rotatable bonds is 2. The predicted molar refractivity (Wildman–Crippen MR) is 53.0 cm³/mol. The van der Waals surface area contributed by atoms with E-state index in [1.807, 2.05) is 0 Å². The average molecular weight is 205 g/mol. The molecule has 0 aliphatic rings. The van der Waals surface area contributed by atoms with E-state index < -0.39 is 6.04 Å². The fourth-order valence-corrected chi connectivity index (χ4v) is 0.966. The van der Waals surface area contributed by atoms with Crippen LogP contribution in [0.4, 0.5) is 0 Å². The van der Waals surface area contributed by atoms with Crippen LogP contribution in [0.15, 0.2) is 18.2 Å². The minimum absolute atomic E-state index is 0. The highest BCUT2D eigenvalue weighted by molar-refractivity contribution is 5.85.